The Labute approximate surface area is 121 Å². The van der Waals surface area contributed by atoms with Gasteiger partial charge in [0.05, 0.1) is 12.5 Å². The average molecular weight is 296 g/mol. The third-order valence-electron chi connectivity index (χ3n) is 2.46. The van der Waals surface area contributed by atoms with E-state index < -0.39 is 24.1 Å². The molecule has 0 bridgehead atoms. The summed E-state index contributed by atoms with van der Waals surface area (Å²) in [6.45, 7) is 1.45. The number of nitrogens with two attached hydrogens (primary N) is 1. The minimum Gasteiger partial charge on any atom is -0.447 e. The van der Waals surface area contributed by atoms with Crippen molar-refractivity contribution in [2.24, 2.45) is 5.73 Å². The summed E-state index contributed by atoms with van der Waals surface area (Å²) in [4.78, 5) is 22.7. The summed E-state index contributed by atoms with van der Waals surface area (Å²) in [5.41, 5.74) is 5.64. The first kappa shape index (κ1) is 15.8. The van der Waals surface area contributed by atoms with Crippen molar-refractivity contribution >= 4 is 23.6 Å². The Bertz CT molecular complexity index is 542. The maximum atomic E-state index is 11.7. The van der Waals surface area contributed by atoms with E-state index in [1.165, 1.54) is 6.92 Å². The fourth-order valence-corrected chi connectivity index (χ4v) is 1.87. The molecule has 0 saturated heterocycles. The van der Waals surface area contributed by atoms with Gasteiger partial charge in [0.15, 0.2) is 6.10 Å². The zero-order valence-corrected chi connectivity index (χ0v) is 11.6. The lowest BCUT2D eigenvalue weighted by atomic mass is 10.0. The average Bonchev–Trinajstić information content (AvgIpc) is 2.37. The van der Waals surface area contributed by atoms with Crippen LogP contribution in [-0.2, 0) is 9.53 Å². The second-order valence-corrected chi connectivity index (χ2v) is 4.46. The zero-order valence-electron chi connectivity index (χ0n) is 10.8. The van der Waals surface area contributed by atoms with Gasteiger partial charge in [-0.3, -0.25) is 4.79 Å². The van der Waals surface area contributed by atoms with E-state index in [2.05, 4.69) is 5.32 Å². The van der Waals surface area contributed by atoms with E-state index in [4.69, 9.17) is 27.3 Å². The van der Waals surface area contributed by atoms with Crippen LogP contribution in [0.25, 0.3) is 0 Å². The van der Waals surface area contributed by atoms with Crippen molar-refractivity contribution in [1.82, 2.24) is 5.32 Å². The number of nitrogens with zero attached hydrogens (tertiary/aromatic N) is 1. The van der Waals surface area contributed by atoms with Crippen LogP contribution in [0.4, 0.5) is 4.79 Å². The zero-order chi connectivity index (χ0) is 15.1. The van der Waals surface area contributed by atoms with Crippen molar-refractivity contribution < 1.29 is 14.3 Å². The number of amides is 2. The molecule has 0 fully saturated rings. The van der Waals surface area contributed by atoms with E-state index in [1.54, 1.807) is 30.3 Å². The van der Waals surface area contributed by atoms with Gasteiger partial charge in [0.2, 0.25) is 0 Å². The van der Waals surface area contributed by atoms with Crippen LogP contribution < -0.4 is 11.1 Å². The molecule has 0 aliphatic heterocycles. The van der Waals surface area contributed by atoms with Crippen LogP contribution in [0.5, 0.6) is 0 Å². The fourth-order valence-electron chi connectivity index (χ4n) is 1.61. The topological polar surface area (TPSA) is 105 Å². The Morgan fingerprint density at radius 1 is 1.50 bits per heavy atom. The number of carbonyl (C=O) groups excluding carboxylic acids is 2. The smallest absolute Gasteiger partial charge is 0.312 e. The van der Waals surface area contributed by atoms with Crippen LogP contribution in [0.2, 0.25) is 5.02 Å². The minimum atomic E-state index is -0.858. The highest BCUT2D eigenvalue weighted by atomic mass is 35.5. The lowest BCUT2D eigenvalue weighted by Gasteiger charge is -2.18. The molecule has 0 aromatic heterocycles. The molecule has 0 saturated carbocycles. The number of hydrogen-bond acceptors (Lipinski definition) is 4. The number of rotatable bonds is 5. The summed E-state index contributed by atoms with van der Waals surface area (Å²) >= 11 is 6.02. The quantitative estimate of drug-likeness (QED) is 0.809. The lowest BCUT2D eigenvalue weighted by Crippen LogP contribution is -2.35. The number of nitriles is 1. The van der Waals surface area contributed by atoms with E-state index in [1.807, 2.05) is 0 Å². The molecule has 0 heterocycles. The van der Waals surface area contributed by atoms with Crippen LogP contribution in [0.3, 0.4) is 0 Å². The molecule has 1 aromatic carbocycles. The van der Waals surface area contributed by atoms with Crippen LogP contribution in [0, 0.1) is 11.3 Å². The number of urea groups is 1. The molecule has 0 aliphatic carbocycles. The van der Waals surface area contributed by atoms with Gasteiger partial charge < -0.3 is 15.8 Å². The fraction of sp³-hybridized carbons (Fsp3) is 0.308. The highest BCUT2D eigenvalue weighted by molar-refractivity contribution is 6.31. The SMILES string of the molecule is C[C@H](C#N)OC(=O)C[C@H](NC(N)=O)c1ccccc1Cl. The van der Waals surface area contributed by atoms with E-state index >= 15 is 0 Å². The molecular formula is C13H14ClN3O3. The molecule has 6 nitrogen and oxygen atoms in total. The first-order chi connectivity index (χ1) is 9.43. The molecule has 0 aliphatic rings. The van der Waals surface area contributed by atoms with Gasteiger partial charge in [0.1, 0.15) is 6.07 Å². The first-order valence-electron chi connectivity index (χ1n) is 5.83. The summed E-state index contributed by atoms with van der Waals surface area (Å²) in [6.07, 6.45) is -1.03. The number of primary amides is 1. The standard InChI is InChI=1S/C13H14ClN3O3/c1-8(7-15)20-12(18)6-11(17-13(16)19)9-4-2-3-5-10(9)14/h2-5,8,11H,6H2,1H3,(H3,16,17,19)/t8-,11+/m1/s1. The van der Waals surface area contributed by atoms with Crippen LogP contribution in [0.15, 0.2) is 24.3 Å². The maximum Gasteiger partial charge on any atom is 0.312 e. The van der Waals surface area contributed by atoms with Crippen molar-refractivity contribution in [1.29, 1.82) is 5.26 Å². The highest BCUT2D eigenvalue weighted by Crippen LogP contribution is 2.25. The number of carbonyl (C=O) groups is 2. The van der Waals surface area contributed by atoms with Crippen molar-refractivity contribution in [3.05, 3.63) is 34.9 Å². The van der Waals surface area contributed by atoms with Gasteiger partial charge in [-0.25, -0.2) is 4.79 Å². The Balaban J connectivity index is 2.86. The highest BCUT2D eigenvalue weighted by Gasteiger charge is 2.21. The monoisotopic (exact) mass is 295 g/mol. The van der Waals surface area contributed by atoms with Crippen LogP contribution in [-0.4, -0.2) is 18.1 Å². The molecule has 1 aromatic rings. The summed E-state index contributed by atoms with van der Waals surface area (Å²) in [5.74, 6) is -0.627. The van der Waals surface area contributed by atoms with Gasteiger partial charge in [-0.15, -0.1) is 0 Å². The molecule has 1 rings (SSSR count). The van der Waals surface area contributed by atoms with Crippen LogP contribution in [0.1, 0.15) is 24.9 Å². The number of ether oxygens (including phenoxy) is 1. The first-order valence-corrected chi connectivity index (χ1v) is 6.21. The Hall–Kier alpha value is -2.26. The van der Waals surface area contributed by atoms with Gasteiger partial charge in [-0.1, -0.05) is 29.8 Å². The second kappa shape index (κ2) is 7.36. The molecule has 0 spiro atoms. The van der Waals surface area contributed by atoms with Crippen molar-refractivity contribution in [2.75, 3.05) is 0 Å². The molecule has 20 heavy (non-hydrogen) atoms. The van der Waals surface area contributed by atoms with Gasteiger partial charge >= 0.3 is 12.0 Å². The molecule has 106 valence electrons. The lowest BCUT2D eigenvalue weighted by molar-refractivity contribution is -0.146. The van der Waals surface area contributed by atoms with Gasteiger partial charge in [-0.2, -0.15) is 5.26 Å². The van der Waals surface area contributed by atoms with Crippen molar-refractivity contribution in [3.8, 4) is 6.07 Å². The molecule has 0 unspecified atom stereocenters. The van der Waals surface area contributed by atoms with E-state index in [9.17, 15) is 9.59 Å². The number of nitrogens with one attached hydrogen (secondary N) is 1. The third kappa shape index (κ3) is 4.78. The maximum absolute atomic E-state index is 11.7. The second-order valence-electron chi connectivity index (χ2n) is 4.05. The number of hydrogen-bond donors (Lipinski definition) is 2. The van der Waals surface area contributed by atoms with E-state index in [-0.39, 0.29) is 6.42 Å². The van der Waals surface area contributed by atoms with Crippen molar-refractivity contribution in [2.45, 2.75) is 25.5 Å². The molecule has 7 heteroatoms. The summed E-state index contributed by atoms with van der Waals surface area (Å²) in [5, 5.41) is 11.4. The van der Waals surface area contributed by atoms with E-state index in [0.29, 0.717) is 10.6 Å². The normalized spacial score (nSPS) is 12.8. The predicted molar refractivity (Wildman–Crippen MR) is 72.7 cm³/mol. The van der Waals surface area contributed by atoms with E-state index in [0.717, 1.165) is 0 Å². The Morgan fingerprint density at radius 2 is 2.15 bits per heavy atom. The predicted octanol–water partition coefficient (Wildman–Crippen LogP) is 1.89. The number of benzene rings is 1. The molecule has 2 amide bonds. The Kier molecular flexibility index (Phi) is 5.81. The molecule has 2 atom stereocenters. The van der Waals surface area contributed by atoms with Crippen molar-refractivity contribution in [3.63, 3.8) is 0 Å². The third-order valence-corrected chi connectivity index (χ3v) is 2.80. The summed E-state index contributed by atoms with van der Waals surface area (Å²) in [7, 11) is 0. The molecule has 3 N–H and O–H groups in total. The largest absolute Gasteiger partial charge is 0.447 e. The van der Waals surface area contributed by atoms with Gasteiger partial charge in [0.25, 0.3) is 0 Å². The summed E-state index contributed by atoms with van der Waals surface area (Å²) < 4.78 is 4.84. The minimum absolute atomic E-state index is 0.168. The Morgan fingerprint density at radius 3 is 2.70 bits per heavy atom. The molecular weight excluding hydrogens is 282 g/mol. The number of esters is 1. The van der Waals surface area contributed by atoms with Crippen LogP contribution >= 0.6 is 11.6 Å². The molecule has 0 radical (unpaired) electrons. The summed E-state index contributed by atoms with van der Waals surface area (Å²) in [6, 6.07) is 7.04. The van der Waals surface area contributed by atoms with Gasteiger partial charge in [-0.05, 0) is 18.6 Å². The van der Waals surface area contributed by atoms with Gasteiger partial charge in [0, 0.05) is 5.02 Å². The number of halogens is 1.